The molecule has 1 saturated heterocycles. The molecule has 0 spiro atoms. The van der Waals surface area contributed by atoms with Crippen LogP contribution < -0.4 is 19.9 Å². The lowest BCUT2D eigenvalue weighted by Gasteiger charge is -2.34. The van der Waals surface area contributed by atoms with Crippen LogP contribution >= 0.6 is 15.9 Å². The van der Waals surface area contributed by atoms with Crippen LogP contribution in [0.25, 0.3) is 6.08 Å². The van der Waals surface area contributed by atoms with E-state index in [0.717, 1.165) is 9.80 Å². The number of anilines is 3. The van der Waals surface area contributed by atoms with Crippen LogP contribution in [-0.2, 0) is 14.4 Å². The van der Waals surface area contributed by atoms with Crippen molar-refractivity contribution in [2.45, 2.75) is 0 Å². The third-order valence-corrected chi connectivity index (χ3v) is 6.46. The second-order valence-corrected chi connectivity index (χ2v) is 9.59. The van der Waals surface area contributed by atoms with Gasteiger partial charge in [0.25, 0.3) is 17.7 Å². The number of nitrogens with zero attached hydrogens (tertiary/aromatic N) is 2. The second kappa shape index (κ2) is 11.8. The topological polar surface area (TPSA) is 96.0 Å². The van der Waals surface area contributed by atoms with Gasteiger partial charge in [0.15, 0.2) is 6.61 Å². The quantitative estimate of drug-likeness (QED) is 0.207. The Morgan fingerprint density at radius 1 is 0.750 bits per heavy atom. The number of urea groups is 1. The minimum absolute atomic E-state index is 0.246. The number of rotatable bonds is 7. The highest BCUT2D eigenvalue weighted by Gasteiger charge is 2.43. The molecule has 5 rings (SSSR count). The molecule has 1 aliphatic heterocycles. The van der Waals surface area contributed by atoms with E-state index in [1.807, 2.05) is 6.07 Å². The van der Waals surface area contributed by atoms with Crippen molar-refractivity contribution in [2.75, 3.05) is 21.7 Å². The van der Waals surface area contributed by atoms with Gasteiger partial charge in [0.05, 0.1) is 11.4 Å². The third-order valence-electron chi connectivity index (χ3n) is 5.97. The Hall–Kier alpha value is -5.02. The van der Waals surface area contributed by atoms with E-state index < -0.39 is 17.8 Å². The van der Waals surface area contributed by atoms with E-state index in [-0.39, 0.29) is 23.8 Å². The molecule has 9 heteroatoms. The van der Waals surface area contributed by atoms with Crippen molar-refractivity contribution in [3.8, 4) is 5.75 Å². The summed E-state index contributed by atoms with van der Waals surface area (Å²) in [7, 11) is 0. The van der Waals surface area contributed by atoms with Gasteiger partial charge < -0.3 is 10.1 Å². The second-order valence-electron chi connectivity index (χ2n) is 8.68. The lowest BCUT2D eigenvalue weighted by molar-refractivity contribution is -0.121. The lowest BCUT2D eigenvalue weighted by atomic mass is 10.0. The highest BCUT2D eigenvalue weighted by atomic mass is 79.9. The largest absolute Gasteiger partial charge is 0.483 e. The van der Waals surface area contributed by atoms with Crippen LogP contribution in [0.1, 0.15) is 5.56 Å². The molecule has 0 aromatic heterocycles. The van der Waals surface area contributed by atoms with Gasteiger partial charge in [-0.1, -0.05) is 70.5 Å². The molecule has 40 heavy (non-hydrogen) atoms. The number of benzene rings is 4. The minimum atomic E-state index is -0.784. The van der Waals surface area contributed by atoms with Crippen LogP contribution in [0.5, 0.6) is 5.75 Å². The van der Waals surface area contributed by atoms with E-state index in [0.29, 0.717) is 27.1 Å². The van der Waals surface area contributed by atoms with Gasteiger partial charge in [-0.05, 0) is 60.7 Å². The average molecular weight is 596 g/mol. The molecule has 0 aliphatic carbocycles. The fourth-order valence-corrected chi connectivity index (χ4v) is 4.50. The number of nitrogens with one attached hydrogen (secondary N) is 1. The SMILES string of the molecule is O=C(COc1ccc(Br)cc1C=C1C(=O)N(c2ccccc2)C(=O)N(c2ccccc2)C1=O)Nc1ccccc1. The summed E-state index contributed by atoms with van der Waals surface area (Å²) in [6.45, 7) is -0.306. The molecule has 0 atom stereocenters. The number of amides is 5. The first-order chi connectivity index (χ1) is 19.4. The predicted molar refractivity (Wildman–Crippen MR) is 156 cm³/mol. The minimum Gasteiger partial charge on any atom is -0.483 e. The van der Waals surface area contributed by atoms with Crippen LogP contribution in [-0.4, -0.2) is 30.4 Å². The van der Waals surface area contributed by atoms with Crippen molar-refractivity contribution in [2.24, 2.45) is 0 Å². The normalized spacial score (nSPS) is 13.3. The number of para-hydroxylation sites is 3. The lowest BCUT2D eigenvalue weighted by Crippen LogP contribution is -2.57. The van der Waals surface area contributed by atoms with Crippen molar-refractivity contribution in [1.82, 2.24) is 0 Å². The molecule has 0 saturated carbocycles. The maximum atomic E-state index is 13.7. The standard InChI is InChI=1S/C31H22BrN3O5/c32-22-16-17-27(40-20-28(36)33-23-10-4-1-5-11-23)21(18-22)19-26-29(37)34(24-12-6-2-7-13-24)31(39)35(30(26)38)25-14-8-3-9-15-25/h1-19H,20H2,(H,33,36). The highest BCUT2D eigenvalue weighted by Crippen LogP contribution is 2.32. The van der Waals surface area contributed by atoms with E-state index in [9.17, 15) is 19.2 Å². The zero-order valence-corrected chi connectivity index (χ0v) is 22.6. The Balaban J connectivity index is 1.50. The monoisotopic (exact) mass is 595 g/mol. The number of ether oxygens (including phenoxy) is 1. The van der Waals surface area contributed by atoms with Crippen LogP contribution in [0.15, 0.2) is 119 Å². The van der Waals surface area contributed by atoms with E-state index in [4.69, 9.17) is 4.74 Å². The summed E-state index contributed by atoms with van der Waals surface area (Å²) in [5.74, 6) is -1.66. The molecular formula is C31H22BrN3O5. The van der Waals surface area contributed by atoms with Crippen LogP contribution in [0, 0.1) is 0 Å². The van der Waals surface area contributed by atoms with Crippen LogP contribution in [0.3, 0.4) is 0 Å². The molecule has 5 amide bonds. The smallest absolute Gasteiger partial charge is 0.343 e. The van der Waals surface area contributed by atoms with E-state index in [2.05, 4.69) is 21.2 Å². The molecule has 1 fully saturated rings. The van der Waals surface area contributed by atoms with Gasteiger partial charge in [0.2, 0.25) is 0 Å². The number of halogens is 1. The molecular weight excluding hydrogens is 574 g/mol. The number of hydrogen-bond donors (Lipinski definition) is 1. The zero-order valence-electron chi connectivity index (χ0n) is 21.0. The first-order valence-electron chi connectivity index (χ1n) is 12.2. The summed E-state index contributed by atoms with van der Waals surface area (Å²) >= 11 is 3.41. The number of imide groups is 2. The molecule has 1 aliphatic rings. The van der Waals surface area contributed by atoms with E-state index >= 15 is 0 Å². The molecule has 1 N–H and O–H groups in total. The molecule has 8 nitrogen and oxygen atoms in total. The van der Waals surface area contributed by atoms with Crippen molar-refractivity contribution in [1.29, 1.82) is 0 Å². The fourth-order valence-electron chi connectivity index (χ4n) is 4.12. The van der Waals surface area contributed by atoms with Crippen molar-refractivity contribution in [3.05, 3.63) is 125 Å². The summed E-state index contributed by atoms with van der Waals surface area (Å²) in [5, 5.41) is 2.74. The number of hydrogen-bond acceptors (Lipinski definition) is 5. The summed E-state index contributed by atoms with van der Waals surface area (Å²) in [6, 6.07) is 30.0. The first kappa shape index (κ1) is 26.6. The fraction of sp³-hybridized carbons (Fsp3) is 0.0323. The molecule has 4 aromatic carbocycles. The van der Waals surface area contributed by atoms with Gasteiger partial charge >= 0.3 is 6.03 Å². The molecule has 0 bridgehead atoms. The van der Waals surface area contributed by atoms with Crippen LogP contribution in [0.4, 0.5) is 21.9 Å². The summed E-state index contributed by atoms with van der Waals surface area (Å²) in [4.78, 5) is 55.2. The molecule has 0 radical (unpaired) electrons. The average Bonchev–Trinajstić information content (AvgIpc) is 2.96. The van der Waals surface area contributed by atoms with Gasteiger partial charge in [-0.15, -0.1) is 0 Å². The summed E-state index contributed by atoms with van der Waals surface area (Å²) in [5.41, 5.74) is 1.39. The number of carbonyl (C=O) groups excluding carboxylic acids is 4. The Bertz CT molecular complexity index is 1540. The van der Waals surface area contributed by atoms with Gasteiger partial charge in [-0.25, -0.2) is 14.6 Å². The molecule has 198 valence electrons. The molecule has 0 unspecified atom stereocenters. The first-order valence-corrected chi connectivity index (χ1v) is 13.0. The molecule has 1 heterocycles. The maximum Gasteiger partial charge on any atom is 0.343 e. The number of barbiturate groups is 1. The van der Waals surface area contributed by atoms with Gasteiger partial charge in [-0.2, -0.15) is 0 Å². The predicted octanol–water partition coefficient (Wildman–Crippen LogP) is 6.05. The van der Waals surface area contributed by atoms with Crippen molar-refractivity contribution >= 4 is 62.8 Å². The summed E-state index contributed by atoms with van der Waals surface area (Å²) in [6.07, 6.45) is 1.37. The van der Waals surface area contributed by atoms with E-state index in [1.165, 1.54) is 6.08 Å². The van der Waals surface area contributed by atoms with E-state index in [1.54, 1.807) is 103 Å². The van der Waals surface area contributed by atoms with Gasteiger partial charge in [-0.3, -0.25) is 14.4 Å². The van der Waals surface area contributed by atoms with Crippen molar-refractivity contribution < 1.29 is 23.9 Å². The Labute approximate surface area is 238 Å². The zero-order chi connectivity index (χ0) is 28.1. The van der Waals surface area contributed by atoms with Crippen molar-refractivity contribution in [3.63, 3.8) is 0 Å². The number of carbonyl (C=O) groups is 4. The summed E-state index contributed by atoms with van der Waals surface area (Å²) < 4.78 is 6.45. The van der Waals surface area contributed by atoms with Gasteiger partial charge in [0, 0.05) is 15.7 Å². The third kappa shape index (κ3) is 5.69. The van der Waals surface area contributed by atoms with Crippen LogP contribution in [0.2, 0.25) is 0 Å². The molecule has 4 aromatic rings. The van der Waals surface area contributed by atoms with Gasteiger partial charge in [0.1, 0.15) is 11.3 Å². The highest BCUT2D eigenvalue weighted by molar-refractivity contribution is 9.10. The maximum absolute atomic E-state index is 13.7. The Morgan fingerprint density at radius 3 is 1.82 bits per heavy atom. The Morgan fingerprint density at radius 2 is 1.27 bits per heavy atom. The Kier molecular flexibility index (Phi) is 7.84.